The summed E-state index contributed by atoms with van der Waals surface area (Å²) in [6.45, 7) is 0. The van der Waals surface area contributed by atoms with E-state index in [1.807, 2.05) is 6.07 Å². The lowest BCUT2D eigenvalue weighted by Gasteiger charge is -2.50. The summed E-state index contributed by atoms with van der Waals surface area (Å²) in [4.78, 5) is 39.9. The number of Topliss-reactive ketones (excluding diaryl/α,β-unsaturated/α-hetero) is 2. The van der Waals surface area contributed by atoms with Crippen LogP contribution in [0, 0.1) is 17.8 Å². The first-order chi connectivity index (χ1) is 17.6. The first kappa shape index (κ1) is 25.2. The zero-order chi connectivity index (χ0) is 26.6. The number of ether oxygens (including phenoxy) is 1. The fraction of sp³-hybridized carbons (Fsp3) is 0.308. The van der Waals surface area contributed by atoms with Gasteiger partial charge in [-0.3, -0.25) is 14.4 Å². The van der Waals surface area contributed by atoms with E-state index in [1.165, 1.54) is 13.2 Å². The van der Waals surface area contributed by atoms with Crippen molar-refractivity contribution in [1.82, 2.24) is 5.32 Å². The highest BCUT2D eigenvalue weighted by Crippen LogP contribution is 2.53. The topological polar surface area (TPSA) is 159 Å². The largest absolute Gasteiger partial charge is 0.509 e. The molecule has 6 N–H and O–H groups in total. The molecule has 1 saturated carbocycles. The number of fused-ring (bicyclic) bond motifs is 3. The van der Waals surface area contributed by atoms with Crippen LogP contribution in [0.5, 0.6) is 11.5 Å². The van der Waals surface area contributed by atoms with Gasteiger partial charge in [-0.25, -0.2) is 0 Å². The van der Waals surface area contributed by atoms with Crippen LogP contribution in [0.2, 0.25) is 0 Å². The Balaban J connectivity index is 1.56. The van der Waals surface area contributed by atoms with Gasteiger partial charge in [-0.2, -0.15) is 11.8 Å². The van der Waals surface area contributed by atoms with Gasteiger partial charge in [0.25, 0.3) is 5.91 Å². The smallest absolute Gasteiger partial charge is 0.255 e. The number of nitrogens with two attached hydrogens (primary N) is 1. The minimum atomic E-state index is -1.47. The molecule has 0 aromatic heterocycles. The predicted molar refractivity (Wildman–Crippen MR) is 140 cm³/mol. The Labute approximate surface area is 221 Å². The summed E-state index contributed by atoms with van der Waals surface area (Å²) < 4.78 is 5.23. The number of thiol groups is 1. The number of benzene rings is 2. The summed E-state index contributed by atoms with van der Waals surface area (Å²) in [5.41, 5.74) is 5.59. The number of aliphatic hydroxyl groups is 2. The lowest BCUT2D eigenvalue weighted by atomic mass is 9.61. The molecule has 11 heteroatoms. The van der Waals surface area contributed by atoms with Crippen molar-refractivity contribution in [3.63, 3.8) is 0 Å². The van der Waals surface area contributed by atoms with Crippen molar-refractivity contribution in [3.8, 4) is 11.5 Å². The number of carbonyl (C=O) groups is 3. The van der Waals surface area contributed by atoms with Crippen molar-refractivity contribution in [2.75, 3.05) is 7.11 Å². The molecule has 2 aliphatic carbocycles. The van der Waals surface area contributed by atoms with E-state index in [-0.39, 0.29) is 22.7 Å². The monoisotopic (exact) mass is 541 g/mol. The Hall–Kier alpha value is -3.41. The SMILES string of the molecule is COc1cc(O)c2c(c1)[SH]C1CC3C(NC(=S)c4ccccc4)C(O)=C(C(N)=O)C(=O)C3C(O)C1C2=O. The molecule has 0 saturated heterocycles. The van der Waals surface area contributed by atoms with E-state index in [4.69, 9.17) is 22.7 Å². The summed E-state index contributed by atoms with van der Waals surface area (Å²) in [7, 11) is 1.45. The molecule has 5 rings (SSSR count). The highest BCUT2D eigenvalue weighted by molar-refractivity contribution is 8.00. The molecule has 193 valence electrons. The van der Waals surface area contributed by atoms with E-state index in [1.54, 1.807) is 30.3 Å². The second kappa shape index (κ2) is 9.47. The van der Waals surface area contributed by atoms with Crippen LogP contribution in [-0.4, -0.2) is 62.3 Å². The van der Waals surface area contributed by atoms with Crippen LogP contribution in [0.3, 0.4) is 0 Å². The third kappa shape index (κ3) is 4.07. The number of nitrogens with one attached hydrogen (secondary N) is 1. The van der Waals surface area contributed by atoms with Gasteiger partial charge in [0, 0.05) is 21.8 Å². The molecule has 1 fully saturated rings. The number of rotatable bonds is 4. The molecule has 9 nitrogen and oxygen atoms in total. The van der Waals surface area contributed by atoms with Crippen LogP contribution in [-0.2, 0) is 9.59 Å². The first-order valence-electron chi connectivity index (χ1n) is 11.6. The Bertz CT molecular complexity index is 1360. The number of primary amides is 1. The minimum absolute atomic E-state index is 0.0814. The molecule has 6 unspecified atom stereocenters. The van der Waals surface area contributed by atoms with Gasteiger partial charge in [-0.05, 0) is 18.4 Å². The van der Waals surface area contributed by atoms with Crippen LogP contribution in [0.15, 0.2) is 58.7 Å². The lowest BCUT2D eigenvalue weighted by molar-refractivity contribution is -0.133. The zero-order valence-electron chi connectivity index (χ0n) is 19.6. The van der Waals surface area contributed by atoms with E-state index < -0.39 is 64.0 Å². The summed E-state index contributed by atoms with van der Waals surface area (Å²) in [6.07, 6.45) is -1.21. The molecule has 1 heterocycles. The third-order valence-electron chi connectivity index (χ3n) is 7.38. The molecule has 0 bridgehead atoms. The standard InChI is InChI=1S/C26H25N2O7S2/c1-35-11-7-13(29)17-14(8-11)37-15-9-12-16(21(30)18(15)23(17)32)22(31)19(25(27)34)24(33)20(12)28-26(36)10-5-3-2-4-6-10/h2-8,12,15-16,18,20-21,29-30,33,37H,9H2,1H3,(H2,27,34)(H,28,36). The maximum absolute atomic E-state index is 13.5. The molecule has 3 aliphatic rings. The van der Waals surface area contributed by atoms with Crippen molar-refractivity contribution in [2.45, 2.75) is 28.7 Å². The van der Waals surface area contributed by atoms with Gasteiger partial charge >= 0.3 is 0 Å². The number of phenolic OH excluding ortho intramolecular Hbond substituents is 1. The number of amides is 1. The second-order valence-corrected chi connectivity index (χ2v) is 11.2. The Kier molecular flexibility index (Phi) is 6.47. The van der Waals surface area contributed by atoms with Crippen molar-refractivity contribution in [1.29, 1.82) is 0 Å². The molecular weight excluding hydrogens is 516 g/mol. The second-order valence-electron chi connectivity index (χ2n) is 9.35. The summed E-state index contributed by atoms with van der Waals surface area (Å²) >= 11 is 6.19. The van der Waals surface area contributed by atoms with Crippen LogP contribution in [0.25, 0.3) is 0 Å². The number of phenols is 1. The van der Waals surface area contributed by atoms with E-state index in [9.17, 15) is 29.7 Å². The van der Waals surface area contributed by atoms with Gasteiger partial charge in [0.15, 0.2) is 11.6 Å². The fourth-order valence-corrected chi connectivity index (χ4v) is 7.72. The molecule has 37 heavy (non-hydrogen) atoms. The number of aliphatic hydroxyl groups excluding tert-OH is 2. The number of methoxy groups -OCH3 is 1. The molecule has 0 spiro atoms. The molecule has 2 aromatic carbocycles. The highest BCUT2D eigenvalue weighted by Gasteiger charge is 2.58. The Morgan fingerprint density at radius 1 is 1.14 bits per heavy atom. The number of carbonyl (C=O) groups excluding carboxylic acids is 3. The third-order valence-corrected chi connectivity index (χ3v) is 9.23. The quantitative estimate of drug-likeness (QED) is 0.192. The van der Waals surface area contributed by atoms with E-state index in [0.29, 0.717) is 28.0 Å². The van der Waals surface area contributed by atoms with Crippen molar-refractivity contribution in [3.05, 3.63) is 64.9 Å². The molecular formula is C26H25N2O7S2. The van der Waals surface area contributed by atoms with Gasteiger partial charge in [-0.1, -0.05) is 42.5 Å². The summed E-state index contributed by atoms with van der Waals surface area (Å²) in [5.74, 6) is -5.69. The zero-order valence-corrected chi connectivity index (χ0v) is 21.3. The van der Waals surface area contributed by atoms with Gasteiger partial charge in [-0.15, -0.1) is 0 Å². The number of ketones is 2. The van der Waals surface area contributed by atoms with E-state index in [2.05, 4.69) is 5.32 Å². The van der Waals surface area contributed by atoms with Crippen LogP contribution in [0.1, 0.15) is 22.3 Å². The normalized spacial score (nSPS) is 28.6. The van der Waals surface area contributed by atoms with Crippen molar-refractivity contribution >= 4 is 46.4 Å². The Morgan fingerprint density at radius 2 is 1.84 bits per heavy atom. The number of hydrogen-bond donors (Lipinski definition) is 6. The van der Waals surface area contributed by atoms with E-state index >= 15 is 0 Å². The maximum atomic E-state index is 13.5. The van der Waals surface area contributed by atoms with Crippen LogP contribution >= 0.6 is 24.0 Å². The molecule has 1 amide bonds. The minimum Gasteiger partial charge on any atom is -0.509 e. The Morgan fingerprint density at radius 3 is 2.49 bits per heavy atom. The maximum Gasteiger partial charge on any atom is 0.255 e. The summed E-state index contributed by atoms with van der Waals surface area (Å²) in [5, 5.41) is 35.6. The molecule has 1 aliphatic heterocycles. The average Bonchev–Trinajstić information content (AvgIpc) is 2.85. The molecule has 6 atom stereocenters. The lowest BCUT2D eigenvalue weighted by Crippen LogP contribution is -2.61. The fourth-order valence-electron chi connectivity index (χ4n) is 5.72. The van der Waals surface area contributed by atoms with Crippen molar-refractivity contribution < 1.29 is 34.4 Å². The molecule has 1 radical (unpaired) electrons. The van der Waals surface area contributed by atoms with Crippen LogP contribution in [0.4, 0.5) is 0 Å². The average molecular weight is 542 g/mol. The first-order valence-corrected chi connectivity index (χ1v) is 13.0. The van der Waals surface area contributed by atoms with Gasteiger partial charge in [0.05, 0.1) is 36.7 Å². The number of thiocarbonyl (C=S) groups is 1. The molecule has 2 aromatic rings. The number of hydrogen-bond acceptors (Lipinski definition) is 8. The van der Waals surface area contributed by atoms with E-state index in [0.717, 1.165) is 0 Å². The highest BCUT2D eigenvalue weighted by atomic mass is 32.2. The predicted octanol–water partition coefficient (Wildman–Crippen LogP) is 1.62. The summed E-state index contributed by atoms with van der Waals surface area (Å²) in [6, 6.07) is 11.0. The van der Waals surface area contributed by atoms with Gasteiger partial charge in [0.1, 0.15) is 27.8 Å². The number of aromatic hydroxyl groups is 1. The van der Waals surface area contributed by atoms with Crippen molar-refractivity contribution in [2.24, 2.45) is 23.5 Å². The van der Waals surface area contributed by atoms with Gasteiger partial charge in [0.2, 0.25) is 0 Å². The van der Waals surface area contributed by atoms with Gasteiger partial charge < -0.3 is 31.1 Å². The van der Waals surface area contributed by atoms with Crippen LogP contribution < -0.4 is 15.8 Å².